The number of ether oxygens (including phenoxy) is 1. The molecule has 0 spiro atoms. The number of halogens is 1. The maximum Gasteiger partial charge on any atom is 0.410 e. The molecule has 1 amide bonds. The molecule has 0 fully saturated rings. The Morgan fingerprint density at radius 1 is 1.38 bits per heavy atom. The maximum absolute atomic E-state index is 12.5. The molecule has 1 aromatic carbocycles. The van der Waals surface area contributed by atoms with E-state index < -0.39 is 6.04 Å². The predicted octanol–water partition coefficient (Wildman–Crippen LogP) is 4.70. The molecule has 0 aliphatic heterocycles. The van der Waals surface area contributed by atoms with Crippen LogP contribution in [0.25, 0.3) is 5.57 Å². The maximum atomic E-state index is 12.5. The van der Waals surface area contributed by atoms with E-state index in [1.54, 1.807) is 17.4 Å². The van der Waals surface area contributed by atoms with Crippen molar-refractivity contribution in [1.29, 1.82) is 0 Å². The molecule has 0 saturated carbocycles. The number of fused-ring (bicyclic) bond motifs is 1. The van der Waals surface area contributed by atoms with Gasteiger partial charge in [0.2, 0.25) is 0 Å². The van der Waals surface area contributed by atoms with Crippen molar-refractivity contribution in [1.82, 2.24) is 19.8 Å². The van der Waals surface area contributed by atoms with Crippen molar-refractivity contribution in [3.05, 3.63) is 82.6 Å². The van der Waals surface area contributed by atoms with Crippen LogP contribution in [0.4, 0.5) is 4.79 Å². The van der Waals surface area contributed by atoms with Gasteiger partial charge in [-0.2, -0.15) is 0 Å². The highest BCUT2D eigenvalue weighted by Gasteiger charge is 2.31. The van der Waals surface area contributed by atoms with Crippen LogP contribution < -0.4 is 16.8 Å². The first-order chi connectivity index (χ1) is 17.7. The van der Waals surface area contributed by atoms with Crippen LogP contribution >= 0.6 is 11.6 Å². The molecule has 1 heterocycles. The number of nitrogens with two attached hydrogens (primary N) is 2. The number of allylic oxidation sites excluding steroid dienone is 3. The van der Waals surface area contributed by atoms with E-state index in [4.69, 9.17) is 27.8 Å². The lowest BCUT2D eigenvalue weighted by Gasteiger charge is -2.29. The Kier molecular flexibility index (Phi) is 9.97. The van der Waals surface area contributed by atoms with Gasteiger partial charge in [-0.1, -0.05) is 36.7 Å². The number of hydrogen-bond acceptors (Lipinski definition) is 6. The van der Waals surface area contributed by atoms with Crippen LogP contribution in [0.5, 0.6) is 0 Å². The van der Waals surface area contributed by atoms with E-state index in [2.05, 4.69) is 29.4 Å². The smallest absolute Gasteiger partial charge is 0.410 e. The molecule has 1 aliphatic carbocycles. The summed E-state index contributed by atoms with van der Waals surface area (Å²) in [6.07, 6.45) is 10.6. The second-order valence-electron chi connectivity index (χ2n) is 9.52. The first-order valence-electron chi connectivity index (χ1n) is 12.7. The molecular weight excluding hydrogens is 488 g/mol. The number of hydrogen-bond donors (Lipinski definition) is 3. The van der Waals surface area contributed by atoms with Gasteiger partial charge in [0.05, 0.1) is 30.4 Å². The molecule has 37 heavy (non-hydrogen) atoms. The number of nitrogens with one attached hydrogen (secondary N) is 1. The van der Waals surface area contributed by atoms with Crippen molar-refractivity contribution < 1.29 is 9.53 Å². The van der Waals surface area contributed by atoms with Crippen molar-refractivity contribution in [3.63, 3.8) is 0 Å². The summed E-state index contributed by atoms with van der Waals surface area (Å²) in [7, 11) is 1.93. The molecule has 8 nitrogen and oxygen atoms in total. The first-order valence-corrected chi connectivity index (χ1v) is 13.1. The minimum atomic E-state index is -0.415. The molecule has 3 rings (SSSR count). The number of benzene rings is 1. The molecule has 200 valence electrons. The van der Waals surface area contributed by atoms with E-state index in [1.807, 2.05) is 56.7 Å². The summed E-state index contributed by atoms with van der Waals surface area (Å²) >= 11 is 6.49. The van der Waals surface area contributed by atoms with E-state index in [0.29, 0.717) is 24.7 Å². The Morgan fingerprint density at radius 2 is 2.14 bits per heavy atom. The third-order valence-electron chi connectivity index (χ3n) is 6.64. The molecule has 2 aromatic rings. The standard InChI is InChI=1S/C28H39ClN6O2/c1-6-35(28(36)37-18(2)3)13-12-33-27-19(4)20(8-7-11-30)14-24(23-15-21(29)9-10-22(23)27)26(31)25-16-32-17-34(25)5/h7-11,14-19,26-27,33H,6,12-13,30-31H2,1-5H3/b11-7-,20-8-/t19?,26-,27-/m1/s1. The molecule has 9 heteroatoms. The summed E-state index contributed by atoms with van der Waals surface area (Å²) in [6.45, 7) is 9.49. The molecule has 1 unspecified atom stereocenters. The zero-order valence-electron chi connectivity index (χ0n) is 22.3. The number of carbonyl (C=O) groups excluding carboxylic acids is 1. The average Bonchev–Trinajstić information content (AvgIpc) is 3.25. The molecule has 0 bridgehead atoms. The minimum Gasteiger partial charge on any atom is -0.447 e. The van der Waals surface area contributed by atoms with Gasteiger partial charge in [-0.05, 0) is 67.5 Å². The number of imidazole rings is 1. The summed E-state index contributed by atoms with van der Waals surface area (Å²) < 4.78 is 7.32. The monoisotopic (exact) mass is 526 g/mol. The summed E-state index contributed by atoms with van der Waals surface area (Å²) in [6, 6.07) is 5.46. The predicted molar refractivity (Wildman–Crippen MR) is 150 cm³/mol. The number of nitrogens with zero attached hydrogens (tertiary/aromatic N) is 3. The third kappa shape index (κ3) is 6.83. The summed E-state index contributed by atoms with van der Waals surface area (Å²) in [5, 5.41) is 4.33. The van der Waals surface area contributed by atoms with Gasteiger partial charge in [0, 0.05) is 43.7 Å². The van der Waals surface area contributed by atoms with E-state index in [1.165, 1.54) is 6.20 Å². The summed E-state index contributed by atoms with van der Waals surface area (Å²) in [4.78, 5) is 18.4. The molecule has 3 atom stereocenters. The number of aromatic nitrogens is 2. The fourth-order valence-corrected chi connectivity index (χ4v) is 4.82. The van der Waals surface area contributed by atoms with Gasteiger partial charge < -0.3 is 31.0 Å². The van der Waals surface area contributed by atoms with E-state index >= 15 is 0 Å². The highest BCUT2D eigenvalue weighted by molar-refractivity contribution is 6.30. The van der Waals surface area contributed by atoms with Crippen LogP contribution in [-0.4, -0.2) is 46.3 Å². The lowest BCUT2D eigenvalue weighted by Crippen LogP contribution is -2.40. The van der Waals surface area contributed by atoms with Crippen LogP contribution in [-0.2, 0) is 11.8 Å². The Balaban J connectivity index is 2.00. The fourth-order valence-electron chi connectivity index (χ4n) is 4.65. The Hall–Kier alpha value is -3.07. The van der Waals surface area contributed by atoms with Crippen molar-refractivity contribution >= 4 is 23.3 Å². The lowest BCUT2D eigenvalue weighted by molar-refractivity contribution is 0.0782. The van der Waals surface area contributed by atoms with Gasteiger partial charge in [0.1, 0.15) is 0 Å². The van der Waals surface area contributed by atoms with Gasteiger partial charge in [0.25, 0.3) is 0 Å². The van der Waals surface area contributed by atoms with E-state index in [-0.39, 0.29) is 24.2 Å². The molecule has 5 N–H and O–H groups in total. The van der Waals surface area contributed by atoms with Gasteiger partial charge in [-0.25, -0.2) is 9.78 Å². The van der Waals surface area contributed by atoms with Crippen LogP contribution in [0.2, 0.25) is 5.02 Å². The summed E-state index contributed by atoms with van der Waals surface area (Å²) in [5.74, 6) is 0.0741. The zero-order valence-corrected chi connectivity index (χ0v) is 23.1. The van der Waals surface area contributed by atoms with Gasteiger partial charge in [0.15, 0.2) is 0 Å². The van der Waals surface area contributed by atoms with Crippen LogP contribution in [0.15, 0.2) is 60.7 Å². The fraction of sp³-hybridized carbons (Fsp3) is 0.429. The molecule has 1 aromatic heterocycles. The number of likely N-dealkylation sites (N-methyl/N-ethyl adjacent to an activating group) is 1. The first kappa shape index (κ1) is 28.5. The second-order valence-corrected chi connectivity index (χ2v) is 9.96. The highest BCUT2D eigenvalue weighted by Crippen LogP contribution is 2.42. The largest absolute Gasteiger partial charge is 0.447 e. The van der Waals surface area contributed by atoms with Gasteiger partial charge in [-0.3, -0.25) is 0 Å². The zero-order chi connectivity index (χ0) is 27.1. The van der Waals surface area contributed by atoms with Gasteiger partial charge >= 0.3 is 6.09 Å². The molecule has 0 radical (unpaired) electrons. The number of aryl methyl sites for hydroxylation is 1. The molecular formula is C28H39ClN6O2. The quantitative estimate of drug-likeness (QED) is 0.436. The van der Waals surface area contributed by atoms with Crippen LogP contribution in [0, 0.1) is 5.92 Å². The number of rotatable bonds is 9. The van der Waals surface area contributed by atoms with Crippen LogP contribution in [0.3, 0.4) is 0 Å². The van der Waals surface area contributed by atoms with E-state index in [0.717, 1.165) is 28.0 Å². The van der Waals surface area contributed by atoms with Crippen molar-refractivity contribution in [2.24, 2.45) is 24.4 Å². The highest BCUT2D eigenvalue weighted by atomic mass is 35.5. The SMILES string of the molecule is CCN(CCN[C@H]1c2ccc(Cl)cc2C([C@@H](N)c2cncn2C)=C/C(=C/C=C\N)C1C)C(=O)OC(C)C. The van der Waals surface area contributed by atoms with Crippen molar-refractivity contribution in [2.45, 2.75) is 45.9 Å². The van der Waals surface area contributed by atoms with Crippen molar-refractivity contribution in [2.75, 3.05) is 19.6 Å². The summed E-state index contributed by atoms with van der Waals surface area (Å²) in [5.41, 5.74) is 17.5. The molecule has 1 aliphatic rings. The molecule has 0 saturated heterocycles. The Labute approximate surface area is 225 Å². The minimum absolute atomic E-state index is 0.0583. The van der Waals surface area contributed by atoms with Gasteiger partial charge in [-0.15, -0.1) is 0 Å². The second kappa shape index (κ2) is 12.9. The lowest BCUT2D eigenvalue weighted by atomic mass is 9.87. The normalized spacial score (nSPS) is 19.6. The Morgan fingerprint density at radius 3 is 2.76 bits per heavy atom. The van der Waals surface area contributed by atoms with E-state index in [9.17, 15) is 4.79 Å². The van der Waals surface area contributed by atoms with Crippen LogP contribution in [0.1, 0.15) is 56.6 Å². The Bertz CT molecular complexity index is 1170. The number of amides is 1. The third-order valence-corrected chi connectivity index (χ3v) is 6.87. The topological polar surface area (TPSA) is 111 Å². The number of carbonyl (C=O) groups is 1. The van der Waals surface area contributed by atoms with Crippen molar-refractivity contribution in [3.8, 4) is 0 Å². The average molecular weight is 527 g/mol.